The minimum atomic E-state index is -3.76. The van der Waals surface area contributed by atoms with Crippen molar-refractivity contribution in [1.82, 2.24) is 4.98 Å². The minimum absolute atomic E-state index is 0.00603. The van der Waals surface area contributed by atoms with Crippen molar-refractivity contribution < 1.29 is 13.2 Å². The zero-order valence-electron chi connectivity index (χ0n) is 11.4. The molecule has 2 aromatic rings. The lowest BCUT2D eigenvalue weighted by Crippen LogP contribution is -2.13. The molecule has 0 bridgehead atoms. The van der Waals surface area contributed by atoms with Crippen LogP contribution in [0.1, 0.15) is 5.56 Å². The first-order valence-corrected chi connectivity index (χ1v) is 7.60. The minimum Gasteiger partial charge on any atom is -0.481 e. The molecule has 0 aliphatic carbocycles. The molecule has 0 aliphatic rings. The van der Waals surface area contributed by atoms with Crippen LogP contribution < -0.4 is 20.9 Å². The topological polar surface area (TPSA) is 120 Å². The van der Waals surface area contributed by atoms with Crippen LogP contribution in [-0.4, -0.2) is 20.5 Å². The average Bonchev–Trinajstić information content (AvgIpc) is 2.45. The summed E-state index contributed by atoms with van der Waals surface area (Å²) >= 11 is 0. The molecule has 0 fully saturated rings. The van der Waals surface area contributed by atoms with Gasteiger partial charge in [-0.25, -0.2) is 18.5 Å². The highest BCUT2D eigenvalue weighted by atomic mass is 32.2. The number of rotatable bonds is 5. The van der Waals surface area contributed by atoms with E-state index in [1.165, 1.54) is 25.3 Å². The third-order valence-electron chi connectivity index (χ3n) is 2.84. The number of nitrogens with two attached hydrogens (primary N) is 2. The standard InChI is InChI=1S/C13H16N4O3S/c1-20-13-6-9(4-5-16-13)8-17-12-7-10(21(15,18)19)2-3-11(12)14/h2-7,17H,8,14H2,1H3,(H2,15,18,19). The zero-order chi connectivity index (χ0) is 15.5. The molecule has 112 valence electrons. The summed E-state index contributed by atoms with van der Waals surface area (Å²) in [5.74, 6) is 0.501. The second-order valence-electron chi connectivity index (χ2n) is 4.35. The lowest BCUT2D eigenvalue weighted by Gasteiger charge is -2.11. The molecule has 8 heteroatoms. The molecule has 1 heterocycles. The Labute approximate surface area is 123 Å². The number of sulfonamides is 1. The summed E-state index contributed by atoms with van der Waals surface area (Å²) in [6.07, 6.45) is 1.62. The van der Waals surface area contributed by atoms with Gasteiger partial charge in [-0.05, 0) is 29.8 Å². The van der Waals surface area contributed by atoms with Gasteiger partial charge in [0.1, 0.15) is 0 Å². The number of methoxy groups -OCH3 is 1. The summed E-state index contributed by atoms with van der Waals surface area (Å²) in [6, 6.07) is 7.85. The van der Waals surface area contributed by atoms with Crippen LogP contribution >= 0.6 is 0 Å². The fraction of sp³-hybridized carbons (Fsp3) is 0.154. The lowest BCUT2D eigenvalue weighted by atomic mass is 10.2. The van der Waals surface area contributed by atoms with Gasteiger partial charge in [-0.3, -0.25) is 0 Å². The van der Waals surface area contributed by atoms with Gasteiger partial charge in [0, 0.05) is 18.8 Å². The number of nitrogen functional groups attached to an aromatic ring is 1. The Hall–Kier alpha value is -2.32. The third kappa shape index (κ3) is 3.83. The fourth-order valence-electron chi connectivity index (χ4n) is 1.73. The van der Waals surface area contributed by atoms with E-state index in [1.54, 1.807) is 12.3 Å². The Morgan fingerprint density at radius 3 is 2.71 bits per heavy atom. The molecular formula is C13H16N4O3S. The smallest absolute Gasteiger partial charge is 0.238 e. The van der Waals surface area contributed by atoms with E-state index in [0.717, 1.165) is 5.56 Å². The highest BCUT2D eigenvalue weighted by Crippen LogP contribution is 2.23. The Balaban J connectivity index is 2.19. The van der Waals surface area contributed by atoms with Gasteiger partial charge in [0.25, 0.3) is 0 Å². The van der Waals surface area contributed by atoms with Gasteiger partial charge in [-0.1, -0.05) is 0 Å². The Bertz CT molecular complexity index is 747. The molecule has 0 amide bonds. The summed E-state index contributed by atoms with van der Waals surface area (Å²) in [5, 5.41) is 8.16. The highest BCUT2D eigenvalue weighted by molar-refractivity contribution is 7.89. The maximum Gasteiger partial charge on any atom is 0.238 e. The van der Waals surface area contributed by atoms with Crippen LogP contribution in [0.3, 0.4) is 0 Å². The van der Waals surface area contributed by atoms with Crippen molar-refractivity contribution in [3.63, 3.8) is 0 Å². The van der Waals surface area contributed by atoms with Crippen LogP contribution in [0.2, 0.25) is 0 Å². The first-order valence-electron chi connectivity index (χ1n) is 6.05. The van der Waals surface area contributed by atoms with Gasteiger partial charge in [-0.15, -0.1) is 0 Å². The van der Waals surface area contributed by atoms with Crippen molar-refractivity contribution in [2.75, 3.05) is 18.2 Å². The molecule has 1 aromatic heterocycles. The molecule has 0 saturated carbocycles. The molecule has 7 nitrogen and oxygen atoms in total. The Kier molecular flexibility index (Phi) is 4.29. The molecule has 1 aromatic carbocycles. The highest BCUT2D eigenvalue weighted by Gasteiger charge is 2.10. The molecular weight excluding hydrogens is 292 g/mol. The van der Waals surface area contributed by atoms with Crippen molar-refractivity contribution in [2.45, 2.75) is 11.4 Å². The molecule has 0 saturated heterocycles. The number of benzene rings is 1. The Morgan fingerprint density at radius 1 is 1.29 bits per heavy atom. The molecule has 0 aliphatic heterocycles. The van der Waals surface area contributed by atoms with Gasteiger partial charge >= 0.3 is 0 Å². The van der Waals surface area contributed by atoms with Crippen LogP contribution in [0.25, 0.3) is 0 Å². The van der Waals surface area contributed by atoms with Crippen LogP contribution in [0.5, 0.6) is 5.88 Å². The van der Waals surface area contributed by atoms with Gasteiger partial charge in [-0.2, -0.15) is 0 Å². The summed E-state index contributed by atoms with van der Waals surface area (Å²) in [7, 11) is -2.23. The maximum atomic E-state index is 11.3. The first kappa shape index (κ1) is 15.1. The number of ether oxygens (including phenoxy) is 1. The van der Waals surface area contributed by atoms with Gasteiger partial charge in [0.05, 0.1) is 23.4 Å². The molecule has 0 radical (unpaired) electrons. The number of aromatic nitrogens is 1. The van der Waals surface area contributed by atoms with Crippen LogP contribution in [-0.2, 0) is 16.6 Å². The van der Waals surface area contributed by atoms with E-state index in [9.17, 15) is 8.42 Å². The number of nitrogens with one attached hydrogen (secondary N) is 1. The number of anilines is 2. The number of primary sulfonamides is 1. The summed E-state index contributed by atoms with van der Waals surface area (Å²) < 4.78 is 27.7. The summed E-state index contributed by atoms with van der Waals surface area (Å²) in [5.41, 5.74) is 7.67. The second kappa shape index (κ2) is 5.98. The molecule has 0 spiro atoms. The number of hydrogen-bond acceptors (Lipinski definition) is 6. The molecule has 0 atom stereocenters. The average molecular weight is 308 g/mol. The van der Waals surface area contributed by atoms with Crippen molar-refractivity contribution in [3.8, 4) is 5.88 Å². The second-order valence-corrected chi connectivity index (χ2v) is 5.92. The predicted molar refractivity (Wildman–Crippen MR) is 80.3 cm³/mol. The van der Waals surface area contributed by atoms with E-state index in [1.807, 2.05) is 6.07 Å². The molecule has 0 unspecified atom stereocenters. The van der Waals surface area contributed by atoms with Crippen LogP contribution in [0.4, 0.5) is 11.4 Å². The van der Waals surface area contributed by atoms with E-state index < -0.39 is 10.0 Å². The summed E-state index contributed by atoms with van der Waals surface area (Å²) in [6.45, 7) is 0.442. The zero-order valence-corrected chi connectivity index (χ0v) is 12.2. The van der Waals surface area contributed by atoms with Crippen LogP contribution in [0, 0.1) is 0 Å². The van der Waals surface area contributed by atoms with E-state index in [0.29, 0.717) is 23.8 Å². The van der Waals surface area contributed by atoms with E-state index in [2.05, 4.69) is 10.3 Å². The quantitative estimate of drug-likeness (QED) is 0.707. The maximum absolute atomic E-state index is 11.3. The molecule has 5 N–H and O–H groups in total. The van der Waals surface area contributed by atoms with Crippen LogP contribution in [0.15, 0.2) is 41.4 Å². The predicted octanol–water partition coefficient (Wildman–Crippen LogP) is 0.932. The number of pyridine rings is 1. The summed E-state index contributed by atoms with van der Waals surface area (Å²) in [4.78, 5) is 4.01. The van der Waals surface area contributed by atoms with Crippen molar-refractivity contribution >= 4 is 21.4 Å². The fourth-order valence-corrected chi connectivity index (χ4v) is 2.27. The van der Waals surface area contributed by atoms with Crippen molar-refractivity contribution in [1.29, 1.82) is 0 Å². The van der Waals surface area contributed by atoms with Gasteiger partial charge < -0.3 is 15.8 Å². The monoisotopic (exact) mass is 308 g/mol. The normalized spacial score (nSPS) is 11.1. The SMILES string of the molecule is COc1cc(CNc2cc(S(N)(=O)=O)ccc2N)ccn1. The van der Waals surface area contributed by atoms with E-state index in [4.69, 9.17) is 15.6 Å². The van der Waals surface area contributed by atoms with Crippen molar-refractivity contribution in [3.05, 3.63) is 42.1 Å². The number of hydrogen-bond donors (Lipinski definition) is 3. The van der Waals surface area contributed by atoms with Crippen molar-refractivity contribution in [2.24, 2.45) is 5.14 Å². The number of nitrogens with zero attached hydrogens (tertiary/aromatic N) is 1. The molecule has 2 rings (SSSR count). The largest absolute Gasteiger partial charge is 0.481 e. The van der Waals surface area contributed by atoms with E-state index >= 15 is 0 Å². The molecule has 21 heavy (non-hydrogen) atoms. The first-order chi connectivity index (χ1) is 9.90. The van der Waals surface area contributed by atoms with Gasteiger partial charge in [0.15, 0.2) is 0 Å². The Morgan fingerprint density at radius 2 is 2.05 bits per heavy atom. The van der Waals surface area contributed by atoms with E-state index in [-0.39, 0.29) is 4.90 Å². The lowest BCUT2D eigenvalue weighted by molar-refractivity contribution is 0.397. The van der Waals surface area contributed by atoms with Gasteiger partial charge in [0.2, 0.25) is 15.9 Å². The third-order valence-corrected chi connectivity index (χ3v) is 3.76.